The second-order valence-corrected chi connectivity index (χ2v) is 6.97. The van der Waals surface area contributed by atoms with Gasteiger partial charge in [0.1, 0.15) is 11.5 Å². The molecule has 1 atom stereocenters. The molecule has 0 aliphatic carbocycles. The average Bonchev–Trinajstić information content (AvgIpc) is 3.26. The lowest BCUT2D eigenvalue weighted by Gasteiger charge is -2.19. The SMILES string of the molecule is CCC(CNc1ccc(C(F)(F)F)cn1)NC(=O)c1ncc(C)c(C)c1-n1nccn1. The molecule has 3 rings (SSSR count). The quantitative estimate of drug-likeness (QED) is 0.593. The van der Waals surface area contributed by atoms with E-state index >= 15 is 0 Å². The number of aromatic nitrogens is 5. The molecule has 11 heteroatoms. The molecule has 0 aliphatic rings. The van der Waals surface area contributed by atoms with Gasteiger partial charge in [-0.25, -0.2) is 9.97 Å². The zero-order valence-corrected chi connectivity index (χ0v) is 17.2. The first-order chi connectivity index (χ1) is 14.7. The number of hydrogen-bond acceptors (Lipinski definition) is 6. The molecule has 3 aromatic heterocycles. The molecule has 0 aromatic carbocycles. The van der Waals surface area contributed by atoms with E-state index < -0.39 is 17.6 Å². The molecule has 0 fully saturated rings. The molecule has 31 heavy (non-hydrogen) atoms. The number of rotatable bonds is 7. The molecule has 3 heterocycles. The highest BCUT2D eigenvalue weighted by Crippen LogP contribution is 2.28. The second kappa shape index (κ2) is 9.11. The fourth-order valence-electron chi connectivity index (χ4n) is 2.87. The molecule has 8 nitrogen and oxygen atoms in total. The number of carbonyl (C=O) groups is 1. The summed E-state index contributed by atoms with van der Waals surface area (Å²) in [6, 6.07) is 1.90. The van der Waals surface area contributed by atoms with Crippen molar-refractivity contribution in [3.05, 3.63) is 59.3 Å². The summed E-state index contributed by atoms with van der Waals surface area (Å²) in [5.41, 5.74) is 1.58. The van der Waals surface area contributed by atoms with Crippen LogP contribution in [0.2, 0.25) is 0 Å². The van der Waals surface area contributed by atoms with E-state index in [-0.39, 0.29) is 24.1 Å². The minimum absolute atomic E-state index is 0.186. The Morgan fingerprint density at radius 1 is 1.13 bits per heavy atom. The summed E-state index contributed by atoms with van der Waals surface area (Å²) < 4.78 is 38.0. The van der Waals surface area contributed by atoms with Crippen LogP contribution in [0.4, 0.5) is 19.0 Å². The lowest BCUT2D eigenvalue weighted by atomic mass is 10.1. The second-order valence-electron chi connectivity index (χ2n) is 6.97. The highest BCUT2D eigenvalue weighted by molar-refractivity contribution is 5.96. The van der Waals surface area contributed by atoms with Gasteiger partial charge in [-0.2, -0.15) is 23.4 Å². The molecule has 0 radical (unpaired) electrons. The molecule has 0 bridgehead atoms. The molecular formula is C20H22F3N7O. The smallest absolute Gasteiger partial charge is 0.368 e. The van der Waals surface area contributed by atoms with E-state index in [0.29, 0.717) is 12.1 Å². The molecule has 2 N–H and O–H groups in total. The summed E-state index contributed by atoms with van der Waals surface area (Å²) >= 11 is 0. The number of nitrogens with zero attached hydrogens (tertiary/aromatic N) is 5. The van der Waals surface area contributed by atoms with Crippen molar-refractivity contribution in [1.29, 1.82) is 0 Å². The molecular weight excluding hydrogens is 411 g/mol. The average molecular weight is 433 g/mol. The lowest BCUT2D eigenvalue weighted by Crippen LogP contribution is -2.40. The topological polar surface area (TPSA) is 97.6 Å². The van der Waals surface area contributed by atoms with Crippen LogP contribution >= 0.6 is 0 Å². The number of aryl methyl sites for hydroxylation is 1. The van der Waals surface area contributed by atoms with Gasteiger partial charge in [-0.1, -0.05) is 6.92 Å². The molecule has 0 saturated carbocycles. The van der Waals surface area contributed by atoms with Crippen molar-refractivity contribution in [2.45, 2.75) is 39.4 Å². The van der Waals surface area contributed by atoms with Crippen LogP contribution in [0.5, 0.6) is 0 Å². The fraction of sp³-hybridized carbons (Fsp3) is 0.350. The summed E-state index contributed by atoms with van der Waals surface area (Å²) in [6.07, 6.45) is 1.55. The first-order valence-electron chi connectivity index (χ1n) is 9.61. The Morgan fingerprint density at radius 2 is 1.84 bits per heavy atom. The van der Waals surface area contributed by atoms with Crippen molar-refractivity contribution in [3.63, 3.8) is 0 Å². The summed E-state index contributed by atoms with van der Waals surface area (Å²) in [7, 11) is 0. The number of halogens is 3. The first-order valence-corrected chi connectivity index (χ1v) is 9.61. The highest BCUT2D eigenvalue weighted by Gasteiger charge is 2.30. The Morgan fingerprint density at radius 3 is 2.42 bits per heavy atom. The summed E-state index contributed by atoms with van der Waals surface area (Å²) in [4.78, 5) is 22.4. The van der Waals surface area contributed by atoms with Crippen LogP contribution < -0.4 is 10.6 Å². The number of carbonyl (C=O) groups excluding carboxylic acids is 1. The van der Waals surface area contributed by atoms with Crippen molar-refractivity contribution in [3.8, 4) is 5.69 Å². The number of hydrogen-bond donors (Lipinski definition) is 2. The Hall–Kier alpha value is -3.50. The monoisotopic (exact) mass is 433 g/mol. The maximum Gasteiger partial charge on any atom is 0.417 e. The van der Waals surface area contributed by atoms with E-state index in [4.69, 9.17) is 0 Å². The van der Waals surface area contributed by atoms with Gasteiger partial charge in [0, 0.05) is 25.0 Å². The summed E-state index contributed by atoms with van der Waals surface area (Å²) in [5.74, 6) is -0.115. The number of amides is 1. The van der Waals surface area contributed by atoms with Crippen molar-refractivity contribution in [1.82, 2.24) is 30.3 Å². The number of alkyl halides is 3. The van der Waals surface area contributed by atoms with E-state index in [1.54, 1.807) is 6.20 Å². The van der Waals surface area contributed by atoms with Crippen LogP contribution in [0, 0.1) is 13.8 Å². The molecule has 0 saturated heterocycles. The standard InChI is InChI=1S/C20H22F3N7O/c1-4-15(11-25-16-6-5-14(10-24-16)20(21,22)23)29-19(31)17-18(30-27-7-8-28-30)13(3)12(2)9-26-17/h5-10,15H,4,11H2,1-3H3,(H,24,25)(H,29,31). The zero-order valence-electron chi connectivity index (χ0n) is 17.2. The van der Waals surface area contributed by atoms with Crippen LogP contribution in [0.25, 0.3) is 5.69 Å². The van der Waals surface area contributed by atoms with Crippen LogP contribution in [0.1, 0.15) is 40.5 Å². The normalized spacial score (nSPS) is 12.5. The van der Waals surface area contributed by atoms with Crippen LogP contribution in [-0.4, -0.2) is 43.5 Å². The maximum absolute atomic E-state index is 12.9. The molecule has 0 aliphatic heterocycles. The Balaban J connectivity index is 1.71. The summed E-state index contributed by atoms with van der Waals surface area (Å²) in [5, 5.41) is 14.1. The van der Waals surface area contributed by atoms with Gasteiger partial charge in [0.2, 0.25) is 0 Å². The maximum atomic E-state index is 12.9. The van der Waals surface area contributed by atoms with Crippen molar-refractivity contribution < 1.29 is 18.0 Å². The van der Waals surface area contributed by atoms with Gasteiger partial charge in [0.05, 0.1) is 18.0 Å². The van der Waals surface area contributed by atoms with Crippen molar-refractivity contribution >= 4 is 11.7 Å². The van der Waals surface area contributed by atoms with E-state index in [2.05, 4.69) is 30.8 Å². The Labute approximate surface area is 176 Å². The third kappa shape index (κ3) is 5.16. The highest BCUT2D eigenvalue weighted by atomic mass is 19.4. The first kappa shape index (κ1) is 22.2. The molecule has 164 valence electrons. The van der Waals surface area contributed by atoms with E-state index in [1.807, 2.05) is 20.8 Å². The third-order valence-electron chi connectivity index (χ3n) is 4.84. The van der Waals surface area contributed by atoms with Gasteiger partial charge in [0.15, 0.2) is 5.69 Å². The molecule has 3 aromatic rings. The summed E-state index contributed by atoms with van der Waals surface area (Å²) in [6.45, 7) is 5.91. The van der Waals surface area contributed by atoms with E-state index in [1.165, 1.54) is 23.3 Å². The van der Waals surface area contributed by atoms with Crippen LogP contribution in [-0.2, 0) is 6.18 Å². The number of nitrogens with one attached hydrogen (secondary N) is 2. The third-order valence-corrected chi connectivity index (χ3v) is 4.84. The molecule has 0 spiro atoms. The van der Waals surface area contributed by atoms with E-state index in [9.17, 15) is 18.0 Å². The van der Waals surface area contributed by atoms with Crippen molar-refractivity contribution in [2.24, 2.45) is 0 Å². The Bertz CT molecular complexity index is 1030. The number of pyridine rings is 2. The zero-order chi connectivity index (χ0) is 22.6. The largest absolute Gasteiger partial charge is 0.417 e. The van der Waals surface area contributed by atoms with Crippen LogP contribution in [0.3, 0.4) is 0 Å². The fourth-order valence-corrected chi connectivity index (χ4v) is 2.87. The minimum atomic E-state index is -4.44. The number of anilines is 1. The molecule has 1 amide bonds. The lowest BCUT2D eigenvalue weighted by molar-refractivity contribution is -0.137. The van der Waals surface area contributed by atoms with Gasteiger partial charge in [-0.15, -0.1) is 4.80 Å². The van der Waals surface area contributed by atoms with Gasteiger partial charge >= 0.3 is 6.18 Å². The van der Waals surface area contributed by atoms with Gasteiger partial charge in [-0.05, 0) is 43.5 Å². The molecule has 1 unspecified atom stereocenters. The van der Waals surface area contributed by atoms with Crippen molar-refractivity contribution in [2.75, 3.05) is 11.9 Å². The van der Waals surface area contributed by atoms with E-state index in [0.717, 1.165) is 23.4 Å². The van der Waals surface area contributed by atoms with Gasteiger partial charge in [0.25, 0.3) is 5.91 Å². The van der Waals surface area contributed by atoms with Gasteiger partial charge in [-0.3, -0.25) is 4.79 Å². The minimum Gasteiger partial charge on any atom is -0.368 e. The van der Waals surface area contributed by atoms with Crippen LogP contribution in [0.15, 0.2) is 36.9 Å². The van der Waals surface area contributed by atoms with Gasteiger partial charge < -0.3 is 10.6 Å². The predicted octanol–water partition coefficient (Wildman–Crippen LogP) is 3.31. The predicted molar refractivity (Wildman–Crippen MR) is 108 cm³/mol. The Kier molecular flexibility index (Phi) is 6.52.